The van der Waals surface area contributed by atoms with Crippen molar-refractivity contribution in [2.75, 3.05) is 11.4 Å². The molecular formula is C15H12Cl2FN3. The fourth-order valence-corrected chi connectivity index (χ4v) is 2.97. The minimum atomic E-state index is -0.375. The second-order valence-electron chi connectivity index (χ2n) is 4.70. The highest BCUT2D eigenvalue weighted by Crippen LogP contribution is 2.37. The summed E-state index contributed by atoms with van der Waals surface area (Å²) in [5, 5.41) is 0.919. The highest BCUT2D eigenvalue weighted by molar-refractivity contribution is 6.34. The van der Waals surface area contributed by atoms with Crippen LogP contribution in [0.2, 0.25) is 10.0 Å². The number of benzene rings is 2. The van der Waals surface area contributed by atoms with Crippen LogP contribution in [0, 0.1) is 5.82 Å². The van der Waals surface area contributed by atoms with E-state index in [2.05, 4.69) is 4.99 Å². The molecule has 1 unspecified atom stereocenters. The number of rotatable bonds is 2. The molecule has 0 amide bonds. The van der Waals surface area contributed by atoms with E-state index in [0.29, 0.717) is 22.5 Å². The van der Waals surface area contributed by atoms with Crippen LogP contribution >= 0.6 is 23.2 Å². The van der Waals surface area contributed by atoms with Crippen molar-refractivity contribution < 1.29 is 4.39 Å². The van der Waals surface area contributed by atoms with Gasteiger partial charge in [-0.2, -0.15) is 0 Å². The average molecular weight is 324 g/mol. The van der Waals surface area contributed by atoms with E-state index in [-0.39, 0.29) is 11.9 Å². The number of guanidine groups is 1. The molecule has 108 valence electrons. The predicted molar refractivity (Wildman–Crippen MR) is 84.6 cm³/mol. The first-order valence-corrected chi connectivity index (χ1v) is 7.12. The van der Waals surface area contributed by atoms with Crippen LogP contribution in [-0.4, -0.2) is 12.5 Å². The van der Waals surface area contributed by atoms with E-state index in [9.17, 15) is 4.39 Å². The molecule has 0 aromatic heterocycles. The van der Waals surface area contributed by atoms with Gasteiger partial charge in [-0.1, -0.05) is 41.4 Å². The summed E-state index contributed by atoms with van der Waals surface area (Å²) < 4.78 is 13.2. The highest BCUT2D eigenvalue weighted by atomic mass is 35.5. The maximum absolute atomic E-state index is 13.2. The number of halogens is 3. The van der Waals surface area contributed by atoms with Crippen molar-refractivity contribution in [1.29, 1.82) is 0 Å². The average Bonchev–Trinajstić information content (AvgIpc) is 2.81. The molecule has 0 saturated carbocycles. The van der Waals surface area contributed by atoms with Gasteiger partial charge in [0.05, 0.1) is 23.3 Å². The van der Waals surface area contributed by atoms with Crippen LogP contribution < -0.4 is 10.6 Å². The van der Waals surface area contributed by atoms with E-state index < -0.39 is 0 Å². The van der Waals surface area contributed by atoms with E-state index in [1.165, 1.54) is 12.1 Å². The van der Waals surface area contributed by atoms with Gasteiger partial charge in [0.25, 0.3) is 0 Å². The van der Waals surface area contributed by atoms with Crippen LogP contribution in [0.5, 0.6) is 0 Å². The predicted octanol–water partition coefficient (Wildman–Crippen LogP) is 4.01. The van der Waals surface area contributed by atoms with Crippen LogP contribution in [0.15, 0.2) is 47.5 Å². The Bertz CT molecular complexity index is 718. The van der Waals surface area contributed by atoms with Crippen LogP contribution in [0.1, 0.15) is 11.6 Å². The fourth-order valence-electron chi connectivity index (χ4n) is 2.45. The molecule has 1 aliphatic rings. The summed E-state index contributed by atoms with van der Waals surface area (Å²) in [5.41, 5.74) is 7.51. The molecule has 1 atom stereocenters. The van der Waals surface area contributed by atoms with Crippen LogP contribution in [0.25, 0.3) is 0 Å². The van der Waals surface area contributed by atoms with Gasteiger partial charge in [-0.3, -0.25) is 4.99 Å². The number of hydrogen-bond donors (Lipinski definition) is 1. The van der Waals surface area contributed by atoms with Crippen LogP contribution in [0.3, 0.4) is 0 Å². The highest BCUT2D eigenvalue weighted by Gasteiger charge is 2.31. The topological polar surface area (TPSA) is 41.6 Å². The normalized spacial score (nSPS) is 18.0. The summed E-state index contributed by atoms with van der Waals surface area (Å²) >= 11 is 12.4. The molecule has 1 aliphatic heterocycles. The largest absolute Gasteiger partial charge is 0.369 e. The Hall–Kier alpha value is -1.78. The lowest BCUT2D eigenvalue weighted by atomic mass is 10.1. The van der Waals surface area contributed by atoms with Crippen molar-refractivity contribution >= 4 is 34.8 Å². The van der Waals surface area contributed by atoms with Gasteiger partial charge in [-0.15, -0.1) is 0 Å². The zero-order valence-corrected chi connectivity index (χ0v) is 12.4. The van der Waals surface area contributed by atoms with Gasteiger partial charge in [-0.05, 0) is 29.8 Å². The molecule has 0 bridgehead atoms. The van der Waals surface area contributed by atoms with E-state index in [1.54, 1.807) is 12.1 Å². The number of hydrogen-bond acceptors (Lipinski definition) is 3. The zero-order valence-electron chi connectivity index (χ0n) is 10.9. The summed E-state index contributed by atoms with van der Waals surface area (Å²) in [5.74, 6) is -0.00609. The van der Waals surface area contributed by atoms with E-state index in [4.69, 9.17) is 28.9 Å². The zero-order chi connectivity index (χ0) is 15.0. The van der Waals surface area contributed by atoms with Gasteiger partial charge in [0.15, 0.2) is 5.96 Å². The third-order valence-electron chi connectivity index (χ3n) is 3.42. The maximum Gasteiger partial charge on any atom is 0.196 e. The minimum Gasteiger partial charge on any atom is -0.369 e. The van der Waals surface area contributed by atoms with E-state index in [0.717, 1.165) is 11.3 Å². The fraction of sp³-hybridized carbons (Fsp3) is 0.133. The minimum absolute atomic E-state index is 0.196. The number of anilines is 1. The van der Waals surface area contributed by atoms with Gasteiger partial charge in [0.1, 0.15) is 5.82 Å². The molecule has 6 heteroatoms. The quantitative estimate of drug-likeness (QED) is 0.907. The molecule has 3 rings (SSSR count). The number of aliphatic imine (C=N–C) groups is 1. The maximum atomic E-state index is 13.2. The first kappa shape index (κ1) is 14.2. The lowest BCUT2D eigenvalue weighted by Crippen LogP contribution is -2.36. The molecule has 0 aliphatic carbocycles. The lowest BCUT2D eigenvalue weighted by Gasteiger charge is -2.28. The van der Waals surface area contributed by atoms with Crippen LogP contribution in [-0.2, 0) is 0 Å². The molecule has 2 aromatic rings. The number of para-hydroxylation sites is 1. The molecule has 3 nitrogen and oxygen atoms in total. The standard InChI is InChI=1S/C15H12Cl2FN3/c16-11-3-1-2-4-13(11)21-14(8-20-15(21)19)10-6-5-9(18)7-12(10)17/h1-7,14H,8H2,(H2,19,20). The third-order valence-corrected chi connectivity index (χ3v) is 4.07. The van der Waals surface area contributed by atoms with Gasteiger partial charge in [0, 0.05) is 5.02 Å². The molecule has 0 spiro atoms. The molecule has 0 fully saturated rings. The molecule has 0 saturated heterocycles. The van der Waals surface area contributed by atoms with Crippen molar-refractivity contribution in [3.8, 4) is 0 Å². The first-order valence-electron chi connectivity index (χ1n) is 6.36. The molecular weight excluding hydrogens is 312 g/mol. The second kappa shape index (κ2) is 5.54. The van der Waals surface area contributed by atoms with E-state index in [1.807, 2.05) is 23.1 Å². The van der Waals surface area contributed by atoms with Gasteiger partial charge < -0.3 is 10.6 Å². The smallest absolute Gasteiger partial charge is 0.196 e. The number of nitrogens with zero attached hydrogens (tertiary/aromatic N) is 2. The monoisotopic (exact) mass is 323 g/mol. The van der Waals surface area contributed by atoms with Crippen molar-refractivity contribution in [3.05, 3.63) is 63.9 Å². The molecule has 0 radical (unpaired) electrons. The Morgan fingerprint density at radius 3 is 2.62 bits per heavy atom. The van der Waals surface area contributed by atoms with Crippen molar-refractivity contribution in [2.45, 2.75) is 6.04 Å². The Kier molecular flexibility index (Phi) is 3.74. The van der Waals surface area contributed by atoms with Crippen molar-refractivity contribution in [2.24, 2.45) is 10.7 Å². The Balaban J connectivity index is 2.05. The Labute approximate surface area is 131 Å². The summed E-state index contributed by atoms with van der Waals surface area (Å²) in [6.07, 6.45) is 0. The summed E-state index contributed by atoms with van der Waals surface area (Å²) in [7, 11) is 0. The Morgan fingerprint density at radius 2 is 1.90 bits per heavy atom. The van der Waals surface area contributed by atoms with Crippen molar-refractivity contribution in [1.82, 2.24) is 0 Å². The summed E-state index contributed by atoms with van der Waals surface area (Å²) in [6.45, 7) is 0.447. The van der Waals surface area contributed by atoms with Crippen molar-refractivity contribution in [3.63, 3.8) is 0 Å². The van der Waals surface area contributed by atoms with E-state index >= 15 is 0 Å². The van der Waals surface area contributed by atoms with Gasteiger partial charge >= 0.3 is 0 Å². The Morgan fingerprint density at radius 1 is 1.14 bits per heavy atom. The molecule has 2 aromatic carbocycles. The first-order chi connectivity index (χ1) is 10.1. The lowest BCUT2D eigenvalue weighted by molar-refractivity contribution is 0.625. The molecule has 2 N–H and O–H groups in total. The third kappa shape index (κ3) is 2.57. The summed E-state index contributed by atoms with van der Waals surface area (Å²) in [6, 6.07) is 11.5. The molecule has 1 heterocycles. The summed E-state index contributed by atoms with van der Waals surface area (Å²) in [4.78, 5) is 6.09. The molecule has 21 heavy (non-hydrogen) atoms. The van der Waals surface area contributed by atoms with Gasteiger partial charge in [0.2, 0.25) is 0 Å². The van der Waals surface area contributed by atoms with Gasteiger partial charge in [-0.25, -0.2) is 4.39 Å². The van der Waals surface area contributed by atoms with Crippen LogP contribution in [0.4, 0.5) is 10.1 Å². The second-order valence-corrected chi connectivity index (χ2v) is 5.52. The number of nitrogens with two attached hydrogens (primary N) is 1. The SMILES string of the molecule is NC1=NCC(c2ccc(F)cc2Cl)N1c1ccccc1Cl.